The van der Waals surface area contributed by atoms with Crippen molar-refractivity contribution in [1.82, 2.24) is 19.7 Å². The topological polar surface area (TPSA) is 63.1 Å². The Morgan fingerprint density at radius 3 is 3.00 bits per heavy atom. The number of carbonyl (C=O) groups excluding carboxylic acids is 1. The van der Waals surface area contributed by atoms with E-state index in [1.165, 1.54) is 17.5 Å². The van der Waals surface area contributed by atoms with Crippen molar-refractivity contribution in [3.05, 3.63) is 71.3 Å². The minimum atomic E-state index is -0.0887. The van der Waals surface area contributed by atoms with Gasteiger partial charge in [0.25, 0.3) is 0 Å². The molecule has 1 aliphatic rings. The molecule has 3 aromatic rings. The van der Waals surface area contributed by atoms with Gasteiger partial charge in [0.05, 0.1) is 17.9 Å². The van der Waals surface area contributed by atoms with Crippen molar-refractivity contribution in [2.45, 2.75) is 25.3 Å². The van der Waals surface area contributed by atoms with Crippen LogP contribution in [-0.4, -0.2) is 39.2 Å². The number of hydrogen-bond acceptors (Lipinski definition) is 4. The van der Waals surface area contributed by atoms with Crippen LogP contribution in [0.2, 0.25) is 5.02 Å². The molecule has 0 aliphatic heterocycles. The fraction of sp³-hybridized carbons (Fsp3) is 0.286. The molecule has 1 aromatic heterocycles. The highest BCUT2D eigenvalue weighted by Crippen LogP contribution is 2.33. The summed E-state index contributed by atoms with van der Waals surface area (Å²) in [7, 11) is 2.00. The van der Waals surface area contributed by atoms with Crippen molar-refractivity contribution in [3.8, 4) is 5.69 Å². The lowest BCUT2D eigenvalue weighted by Gasteiger charge is -2.33. The van der Waals surface area contributed by atoms with Crippen LogP contribution >= 0.6 is 11.6 Å². The van der Waals surface area contributed by atoms with E-state index in [0.29, 0.717) is 17.3 Å². The van der Waals surface area contributed by atoms with Gasteiger partial charge < -0.3 is 5.32 Å². The first-order valence-corrected chi connectivity index (χ1v) is 9.72. The average Bonchev–Trinajstić information content (AvgIpc) is 3.22. The zero-order valence-electron chi connectivity index (χ0n) is 15.7. The van der Waals surface area contributed by atoms with Crippen LogP contribution in [0.25, 0.3) is 5.69 Å². The second-order valence-electron chi connectivity index (χ2n) is 7.07. The summed E-state index contributed by atoms with van der Waals surface area (Å²) in [6.45, 7) is 0.294. The normalized spacial score (nSPS) is 16.0. The lowest BCUT2D eigenvalue weighted by atomic mass is 9.87. The number of rotatable bonds is 5. The number of nitrogens with zero attached hydrogens (tertiary/aromatic N) is 4. The van der Waals surface area contributed by atoms with E-state index < -0.39 is 0 Å². The van der Waals surface area contributed by atoms with E-state index in [4.69, 9.17) is 11.6 Å². The maximum absolute atomic E-state index is 12.8. The molecule has 4 rings (SSSR count). The van der Waals surface area contributed by atoms with Crippen molar-refractivity contribution < 1.29 is 4.79 Å². The van der Waals surface area contributed by atoms with Gasteiger partial charge in [0.15, 0.2) is 0 Å². The first kappa shape index (κ1) is 18.7. The number of anilines is 1. The van der Waals surface area contributed by atoms with Crippen LogP contribution in [0.1, 0.15) is 30.0 Å². The number of benzene rings is 2. The Morgan fingerprint density at radius 2 is 2.18 bits per heavy atom. The van der Waals surface area contributed by atoms with E-state index in [1.807, 2.05) is 13.1 Å². The van der Waals surface area contributed by atoms with Gasteiger partial charge in [-0.3, -0.25) is 9.69 Å². The standard InChI is InChI=1S/C21H22ClN5O/c1-26(19-8-4-6-15-5-2-3-7-17(15)19)12-21(28)25-18-11-16(22)9-10-20(18)27-14-23-13-24-27/h2-3,5,7,9-11,13-14,19H,4,6,8,12H2,1H3,(H,25,28). The second kappa shape index (κ2) is 8.12. The first-order chi connectivity index (χ1) is 13.6. The van der Waals surface area contributed by atoms with Crippen molar-refractivity contribution >= 4 is 23.2 Å². The number of fused-ring (bicyclic) bond motifs is 1. The van der Waals surface area contributed by atoms with Crippen molar-refractivity contribution in [2.75, 3.05) is 18.9 Å². The Morgan fingerprint density at radius 1 is 1.32 bits per heavy atom. The minimum absolute atomic E-state index is 0.0887. The van der Waals surface area contributed by atoms with E-state index in [-0.39, 0.29) is 11.9 Å². The zero-order chi connectivity index (χ0) is 19.5. The molecule has 28 heavy (non-hydrogen) atoms. The molecule has 1 heterocycles. The fourth-order valence-corrected chi connectivity index (χ4v) is 4.03. The van der Waals surface area contributed by atoms with Crippen LogP contribution in [0.3, 0.4) is 0 Å². The Labute approximate surface area is 169 Å². The summed E-state index contributed by atoms with van der Waals surface area (Å²) in [6, 6.07) is 14.1. The molecule has 1 atom stereocenters. The summed E-state index contributed by atoms with van der Waals surface area (Å²) < 4.78 is 1.60. The van der Waals surface area contributed by atoms with Gasteiger partial charge in [-0.2, -0.15) is 5.10 Å². The van der Waals surface area contributed by atoms with Gasteiger partial charge >= 0.3 is 0 Å². The highest BCUT2D eigenvalue weighted by atomic mass is 35.5. The summed E-state index contributed by atoms with van der Waals surface area (Å²) in [5.41, 5.74) is 4.05. The van der Waals surface area contributed by atoms with Crippen LogP contribution in [0.15, 0.2) is 55.1 Å². The largest absolute Gasteiger partial charge is 0.323 e. The molecule has 1 unspecified atom stereocenters. The molecule has 0 saturated heterocycles. The average molecular weight is 396 g/mol. The van der Waals surface area contributed by atoms with Gasteiger partial charge in [0.2, 0.25) is 5.91 Å². The SMILES string of the molecule is CN(CC(=O)Nc1cc(Cl)ccc1-n1cncn1)C1CCCc2ccccc21. The third kappa shape index (κ3) is 3.93. The predicted molar refractivity (Wildman–Crippen MR) is 110 cm³/mol. The molecule has 1 amide bonds. The molecule has 0 bridgehead atoms. The zero-order valence-corrected chi connectivity index (χ0v) is 16.4. The molecule has 0 spiro atoms. The molecule has 1 N–H and O–H groups in total. The molecule has 1 aliphatic carbocycles. The lowest BCUT2D eigenvalue weighted by molar-refractivity contribution is -0.117. The van der Waals surface area contributed by atoms with E-state index in [9.17, 15) is 4.79 Å². The second-order valence-corrected chi connectivity index (χ2v) is 7.51. The number of carbonyl (C=O) groups is 1. The number of likely N-dealkylation sites (N-methyl/N-ethyl adjacent to an activating group) is 1. The maximum atomic E-state index is 12.8. The first-order valence-electron chi connectivity index (χ1n) is 9.34. The van der Waals surface area contributed by atoms with Gasteiger partial charge in [0.1, 0.15) is 12.7 Å². The van der Waals surface area contributed by atoms with Crippen LogP contribution in [0.4, 0.5) is 5.69 Å². The molecule has 144 valence electrons. The highest BCUT2D eigenvalue weighted by Gasteiger charge is 2.24. The number of hydrogen-bond donors (Lipinski definition) is 1. The maximum Gasteiger partial charge on any atom is 0.238 e. The lowest BCUT2D eigenvalue weighted by Crippen LogP contribution is -2.35. The molecule has 0 saturated carbocycles. The summed E-state index contributed by atoms with van der Waals surface area (Å²) in [5.74, 6) is -0.0887. The number of nitrogens with one attached hydrogen (secondary N) is 1. The summed E-state index contributed by atoms with van der Waals surface area (Å²) in [5, 5.41) is 7.67. The van der Waals surface area contributed by atoms with Gasteiger partial charge in [-0.05, 0) is 55.6 Å². The van der Waals surface area contributed by atoms with E-state index >= 15 is 0 Å². The van der Waals surface area contributed by atoms with Gasteiger partial charge in [0, 0.05) is 11.1 Å². The Hall–Kier alpha value is -2.70. The van der Waals surface area contributed by atoms with Crippen LogP contribution in [0, 0.1) is 0 Å². The van der Waals surface area contributed by atoms with Crippen molar-refractivity contribution in [1.29, 1.82) is 0 Å². The molecule has 0 radical (unpaired) electrons. The summed E-state index contributed by atoms with van der Waals surface area (Å²) in [6.07, 6.45) is 6.34. The number of aryl methyl sites for hydroxylation is 1. The molecular weight excluding hydrogens is 374 g/mol. The van der Waals surface area contributed by atoms with Gasteiger partial charge in [-0.25, -0.2) is 9.67 Å². The quantitative estimate of drug-likeness (QED) is 0.712. The highest BCUT2D eigenvalue weighted by molar-refractivity contribution is 6.31. The molecule has 0 fully saturated rings. The summed E-state index contributed by atoms with van der Waals surface area (Å²) in [4.78, 5) is 18.9. The van der Waals surface area contributed by atoms with Crippen LogP contribution in [0.5, 0.6) is 0 Å². The third-order valence-electron chi connectivity index (χ3n) is 5.16. The van der Waals surface area contributed by atoms with Crippen molar-refractivity contribution in [2.24, 2.45) is 0 Å². The van der Waals surface area contributed by atoms with Crippen LogP contribution < -0.4 is 5.32 Å². The van der Waals surface area contributed by atoms with Crippen molar-refractivity contribution in [3.63, 3.8) is 0 Å². The Balaban J connectivity index is 1.49. The summed E-state index contributed by atoms with van der Waals surface area (Å²) >= 11 is 6.14. The number of halogens is 1. The smallest absolute Gasteiger partial charge is 0.238 e. The van der Waals surface area contributed by atoms with E-state index in [0.717, 1.165) is 24.9 Å². The van der Waals surface area contributed by atoms with E-state index in [2.05, 4.69) is 44.6 Å². The van der Waals surface area contributed by atoms with E-state index in [1.54, 1.807) is 23.1 Å². The molecule has 7 heteroatoms. The molecular formula is C21H22ClN5O. The molecule has 6 nitrogen and oxygen atoms in total. The monoisotopic (exact) mass is 395 g/mol. The predicted octanol–water partition coefficient (Wildman–Crippen LogP) is 3.87. The van der Waals surface area contributed by atoms with Gasteiger partial charge in [-0.1, -0.05) is 35.9 Å². The van der Waals surface area contributed by atoms with Crippen LogP contribution in [-0.2, 0) is 11.2 Å². The Kier molecular flexibility index (Phi) is 5.41. The molecule has 2 aromatic carbocycles. The number of aromatic nitrogens is 3. The minimum Gasteiger partial charge on any atom is -0.323 e. The Bertz CT molecular complexity index is 973. The third-order valence-corrected chi connectivity index (χ3v) is 5.40. The van der Waals surface area contributed by atoms with Gasteiger partial charge in [-0.15, -0.1) is 0 Å². The number of amides is 1. The fourth-order valence-electron chi connectivity index (χ4n) is 3.85.